The van der Waals surface area contributed by atoms with Gasteiger partial charge < -0.3 is 14.6 Å². The molecule has 39 heavy (non-hydrogen) atoms. The van der Waals surface area contributed by atoms with Crippen molar-refractivity contribution in [2.45, 2.75) is 149 Å². The number of aliphatic hydroxyl groups is 1. The molecule has 0 saturated heterocycles. The van der Waals surface area contributed by atoms with Crippen LogP contribution in [0, 0.1) is 5.92 Å². The molecule has 0 amide bonds. The minimum Gasteiger partial charge on any atom is -0.462 e. The second kappa shape index (κ2) is 27.6. The van der Waals surface area contributed by atoms with Crippen molar-refractivity contribution >= 4 is 17.7 Å². The number of ketones is 1. The number of hydrogen-bond acceptors (Lipinski definition) is 6. The van der Waals surface area contributed by atoms with Crippen LogP contribution in [-0.2, 0) is 23.9 Å². The third-order valence-corrected chi connectivity index (χ3v) is 6.65. The summed E-state index contributed by atoms with van der Waals surface area (Å²) in [4.78, 5) is 35.9. The Morgan fingerprint density at radius 2 is 1.31 bits per heavy atom. The summed E-state index contributed by atoms with van der Waals surface area (Å²) in [7, 11) is 0. The lowest BCUT2D eigenvalue weighted by molar-refractivity contribution is -0.161. The molecule has 0 aliphatic heterocycles. The smallest absolute Gasteiger partial charge is 0.306 e. The van der Waals surface area contributed by atoms with Gasteiger partial charge in [0.15, 0.2) is 11.9 Å². The molecule has 1 atom stereocenters. The minimum absolute atomic E-state index is 0.111. The van der Waals surface area contributed by atoms with Crippen LogP contribution < -0.4 is 0 Å². The molecule has 226 valence electrons. The zero-order valence-electron chi connectivity index (χ0n) is 25.3. The first-order valence-electron chi connectivity index (χ1n) is 15.7. The van der Waals surface area contributed by atoms with Crippen LogP contribution in [0.15, 0.2) is 24.3 Å². The zero-order valence-corrected chi connectivity index (χ0v) is 25.3. The fourth-order valence-electron chi connectivity index (χ4n) is 4.19. The topological polar surface area (TPSA) is 89.9 Å². The van der Waals surface area contributed by atoms with E-state index in [0.717, 1.165) is 63.7 Å². The van der Waals surface area contributed by atoms with Gasteiger partial charge >= 0.3 is 11.9 Å². The molecule has 0 bridgehead atoms. The van der Waals surface area contributed by atoms with Gasteiger partial charge in [0.25, 0.3) is 0 Å². The number of esters is 2. The van der Waals surface area contributed by atoms with E-state index in [1.54, 1.807) is 6.08 Å². The lowest BCUT2D eigenvalue weighted by Gasteiger charge is -2.15. The number of carbonyl (C=O) groups excluding carboxylic acids is 3. The molecular weight excluding hydrogens is 492 g/mol. The number of carbonyl (C=O) groups is 3. The first-order valence-corrected chi connectivity index (χ1v) is 15.7. The zero-order chi connectivity index (χ0) is 29.0. The predicted molar refractivity (Wildman–Crippen MR) is 159 cm³/mol. The summed E-state index contributed by atoms with van der Waals surface area (Å²) < 4.78 is 10.5. The minimum atomic E-state index is -0.805. The molecule has 0 aliphatic rings. The van der Waals surface area contributed by atoms with Gasteiger partial charge in [0.05, 0.1) is 6.61 Å². The van der Waals surface area contributed by atoms with Crippen LogP contribution in [0.2, 0.25) is 0 Å². The Balaban J connectivity index is 3.72. The first kappa shape index (κ1) is 37.0. The van der Waals surface area contributed by atoms with E-state index in [-0.39, 0.29) is 30.9 Å². The van der Waals surface area contributed by atoms with Crippen LogP contribution in [0.1, 0.15) is 143 Å². The maximum atomic E-state index is 12.0. The largest absolute Gasteiger partial charge is 0.462 e. The van der Waals surface area contributed by atoms with E-state index in [9.17, 15) is 19.5 Å². The van der Waals surface area contributed by atoms with Crippen molar-refractivity contribution in [2.24, 2.45) is 5.92 Å². The molecule has 1 N–H and O–H groups in total. The van der Waals surface area contributed by atoms with Crippen molar-refractivity contribution < 1.29 is 29.0 Å². The maximum Gasteiger partial charge on any atom is 0.306 e. The van der Waals surface area contributed by atoms with Gasteiger partial charge in [-0.25, -0.2) is 0 Å². The summed E-state index contributed by atoms with van der Waals surface area (Å²) in [6, 6.07) is 0. The van der Waals surface area contributed by atoms with E-state index in [4.69, 9.17) is 9.47 Å². The van der Waals surface area contributed by atoms with Gasteiger partial charge in [-0.2, -0.15) is 0 Å². The van der Waals surface area contributed by atoms with Gasteiger partial charge in [0, 0.05) is 19.3 Å². The first-order chi connectivity index (χ1) is 18.9. The number of rotatable bonds is 27. The van der Waals surface area contributed by atoms with Crippen LogP contribution in [0.3, 0.4) is 0 Å². The van der Waals surface area contributed by atoms with E-state index in [2.05, 4.69) is 26.8 Å². The highest BCUT2D eigenvalue weighted by atomic mass is 16.6. The molecule has 0 fully saturated rings. The Hall–Kier alpha value is -1.95. The molecule has 0 aromatic carbocycles. The van der Waals surface area contributed by atoms with Crippen LogP contribution >= 0.6 is 0 Å². The standard InChI is InChI=1S/C33H58O6/c1-4-5-6-7-8-13-18-23-30(35)24-19-14-11-16-20-25-32(36)38-28-31(27-34)39-33(37)26-21-15-10-9-12-17-22-29(2)3/h8,13,18,23,29,31,34H,4-7,9-12,14-17,19-22,24-28H2,1-3H3/b13-8-,23-18+/t31-/m0/s1. The Kier molecular flexibility index (Phi) is 26.2. The number of hydrogen-bond donors (Lipinski definition) is 1. The molecule has 0 saturated carbocycles. The summed E-state index contributed by atoms with van der Waals surface area (Å²) in [6.07, 6.45) is 25.0. The molecule has 6 nitrogen and oxygen atoms in total. The summed E-state index contributed by atoms with van der Waals surface area (Å²) in [5.41, 5.74) is 0. The third kappa shape index (κ3) is 27.4. The Morgan fingerprint density at radius 3 is 1.92 bits per heavy atom. The third-order valence-electron chi connectivity index (χ3n) is 6.65. The molecule has 0 spiro atoms. The normalized spacial score (nSPS) is 12.4. The van der Waals surface area contributed by atoms with E-state index in [1.165, 1.54) is 44.9 Å². The van der Waals surface area contributed by atoms with Gasteiger partial charge in [0.1, 0.15) is 6.61 Å². The summed E-state index contributed by atoms with van der Waals surface area (Å²) >= 11 is 0. The number of unbranched alkanes of at least 4 members (excludes halogenated alkanes) is 12. The van der Waals surface area contributed by atoms with Crippen molar-refractivity contribution in [3.8, 4) is 0 Å². The molecule has 0 aromatic rings. The van der Waals surface area contributed by atoms with Gasteiger partial charge in [-0.05, 0) is 44.1 Å². The molecule has 0 aromatic heterocycles. The van der Waals surface area contributed by atoms with Crippen molar-refractivity contribution in [3.63, 3.8) is 0 Å². The summed E-state index contributed by atoms with van der Waals surface area (Å²) in [5, 5.41) is 9.45. The Labute approximate surface area is 239 Å². The van der Waals surface area contributed by atoms with Crippen LogP contribution in [0.5, 0.6) is 0 Å². The van der Waals surface area contributed by atoms with E-state index < -0.39 is 6.10 Å². The lowest BCUT2D eigenvalue weighted by Crippen LogP contribution is -2.28. The van der Waals surface area contributed by atoms with Crippen LogP contribution in [0.25, 0.3) is 0 Å². The SMILES string of the molecule is CCCCC/C=C\C=C\C(=O)CCCCCCCC(=O)OC[C@H](CO)OC(=O)CCCCCCCCC(C)C. The Bertz CT molecular complexity index is 667. The fraction of sp³-hybridized carbons (Fsp3) is 0.788. The maximum absolute atomic E-state index is 12.0. The number of ether oxygens (including phenoxy) is 2. The van der Waals surface area contributed by atoms with Crippen molar-refractivity contribution in [1.29, 1.82) is 0 Å². The summed E-state index contributed by atoms with van der Waals surface area (Å²) in [5.74, 6) is 0.226. The molecule has 0 rings (SSSR count). The fourth-order valence-corrected chi connectivity index (χ4v) is 4.19. The van der Waals surface area contributed by atoms with E-state index in [0.29, 0.717) is 19.3 Å². The van der Waals surface area contributed by atoms with Crippen molar-refractivity contribution in [2.75, 3.05) is 13.2 Å². The molecule has 0 radical (unpaired) electrons. The molecule has 6 heteroatoms. The number of aliphatic hydroxyl groups excluding tert-OH is 1. The van der Waals surface area contributed by atoms with Gasteiger partial charge in [0.2, 0.25) is 0 Å². The monoisotopic (exact) mass is 550 g/mol. The lowest BCUT2D eigenvalue weighted by atomic mass is 10.0. The van der Waals surface area contributed by atoms with Crippen molar-refractivity contribution in [3.05, 3.63) is 24.3 Å². The predicted octanol–water partition coefficient (Wildman–Crippen LogP) is 8.20. The van der Waals surface area contributed by atoms with Crippen LogP contribution in [-0.4, -0.2) is 42.1 Å². The van der Waals surface area contributed by atoms with Crippen LogP contribution in [0.4, 0.5) is 0 Å². The average molecular weight is 551 g/mol. The molecule has 0 unspecified atom stereocenters. The summed E-state index contributed by atoms with van der Waals surface area (Å²) in [6.45, 7) is 6.21. The van der Waals surface area contributed by atoms with Crippen molar-refractivity contribution in [1.82, 2.24) is 0 Å². The van der Waals surface area contributed by atoms with Gasteiger partial charge in [-0.1, -0.05) is 110 Å². The average Bonchev–Trinajstić information content (AvgIpc) is 2.91. The van der Waals surface area contributed by atoms with Gasteiger partial charge in [-0.15, -0.1) is 0 Å². The van der Waals surface area contributed by atoms with E-state index in [1.807, 2.05) is 12.2 Å². The van der Waals surface area contributed by atoms with Gasteiger partial charge in [-0.3, -0.25) is 14.4 Å². The Morgan fingerprint density at radius 1 is 0.718 bits per heavy atom. The van der Waals surface area contributed by atoms with E-state index >= 15 is 0 Å². The molecule has 0 heterocycles. The second-order valence-electron chi connectivity index (χ2n) is 11.0. The highest BCUT2D eigenvalue weighted by Gasteiger charge is 2.16. The quantitative estimate of drug-likeness (QED) is 0.0480. The molecule has 0 aliphatic carbocycles. The highest BCUT2D eigenvalue weighted by molar-refractivity contribution is 5.89. The number of allylic oxidation sites excluding steroid dienone is 4. The second-order valence-corrected chi connectivity index (χ2v) is 11.0. The highest BCUT2D eigenvalue weighted by Crippen LogP contribution is 2.13. The molecular formula is C33H58O6.